The molecule has 0 aliphatic carbocycles. The van der Waals surface area contributed by atoms with Crippen molar-refractivity contribution < 1.29 is 4.74 Å². The van der Waals surface area contributed by atoms with Gasteiger partial charge in [0, 0.05) is 26.2 Å². The first kappa shape index (κ1) is 11.2. The van der Waals surface area contributed by atoms with Crippen molar-refractivity contribution in [1.29, 1.82) is 0 Å². The van der Waals surface area contributed by atoms with Crippen LogP contribution >= 0.6 is 0 Å². The fourth-order valence-electron chi connectivity index (χ4n) is 3.05. The van der Waals surface area contributed by atoms with Crippen molar-refractivity contribution >= 4 is 0 Å². The minimum Gasteiger partial charge on any atom is -0.379 e. The SMILES string of the molecule is NCC1(N2Cc3ccccc3C2)CCCOC1. The maximum atomic E-state index is 6.03. The molecule has 2 heterocycles. The molecule has 0 amide bonds. The zero-order valence-corrected chi connectivity index (χ0v) is 10.2. The molecule has 0 radical (unpaired) electrons. The van der Waals surface area contributed by atoms with E-state index in [-0.39, 0.29) is 5.54 Å². The monoisotopic (exact) mass is 232 g/mol. The van der Waals surface area contributed by atoms with E-state index < -0.39 is 0 Å². The highest BCUT2D eigenvalue weighted by Gasteiger charge is 2.40. The van der Waals surface area contributed by atoms with Crippen LogP contribution in [-0.4, -0.2) is 30.2 Å². The van der Waals surface area contributed by atoms with E-state index in [0.717, 1.165) is 39.1 Å². The van der Waals surface area contributed by atoms with Crippen LogP contribution in [0.5, 0.6) is 0 Å². The Morgan fingerprint density at radius 1 is 1.24 bits per heavy atom. The van der Waals surface area contributed by atoms with E-state index in [1.807, 2.05) is 0 Å². The number of benzene rings is 1. The highest BCUT2D eigenvalue weighted by Crippen LogP contribution is 2.33. The quantitative estimate of drug-likeness (QED) is 0.840. The predicted octanol–water partition coefficient (Wildman–Crippen LogP) is 1.51. The van der Waals surface area contributed by atoms with Crippen LogP contribution in [0.25, 0.3) is 0 Å². The van der Waals surface area contributed by atoms with Crippen molar-refractivity contribution in [1.82, 2.24) is 4.90 Å². The number of ether oxygens (including phenoxy) is 1. The number of nitrogens with zero attached hydrogens (tertiary/aromatic N) is 1. The standard InChI is InChI=1S/C14H20N2O/c15-10-14(6-3-7-17-11-14)16-8-12-4-1-2-5-13(12)9-16/h1-2,4-5H,3,6-11,15H2. The Balaban J connectivity index is 1.82. The summed E-state index contributed by atoms with van der Waals surface area (Å²) in [7, 11) is 0. The summed E-state index contributed by atoms with van der Waals surface area (Å²) < 4.78 is 5.67. The van der Waals surface area contributed by atoms with Gasteiger partial charge in [-0.05, 0) is 24.0 Å². The molecule has 1 aromatic rings. The number of fused-ring (bicyclic) bond motifs is 1. The van der Waals surface area contributed by atoms with E-state index in [9.17, 15) is 0 Å². The van der Waals surface area contributed by atoms with Gasteiger partial charge in [0.05, 0.1) is 12.1 Å². The average Bonchev–Trinajstić information content (AvgIpc) is 2.84. The number of hydrogen-bond donors (Lipinski definition) is 1. The van der Waals surface area contributed by atoms with Crippen LogP contribution in [-0.2, 0) is 17.8 Å². The summed E-state index contributed by atoms with van der Waals surface area (Å²) >= 11 is 0. The van der Waals surface area contributed by atoms with Gasteiger partial charge in [0.1, 0.15) is 0 Å². The molecule has 2 N–H and O–H groups in total. The molecule has 3 heteroatoms. The summed E-state index contributed by atoms with van der Waals surface area (Å²) in [5.41, 5.74) is 9.00. The Hall–Kier alpha value is -0.900. The summed E-state index contributed by atoms with van der Waals surface area (Å²) in [6.45, 7) is 4.43. The second-order valence-corrected chi connectivity index (χ2v) is 5.21. The topological polar surface area (TPSA) is 38.5 Å². The van der Waals surface area contributed by atoms with Crippen molar-refractivity contribution in [3.05, 3.63) is 35.4 Å². The van der Waals surface area contributed by atoms with Crippen LogP contribution in [0.15, 0.2) is 24.3 Å². The lowest BCUT2D eigenvalue weighted by Gasteiger charge is -2.43. The van der Waals surface area contributed by atoms with Gasteiger partial charge in [-0.25, -0.2) is 0 Å². The molecule has 1 unspecified atom stereocenters. The van der Waals surface area contributed by atoms with Gasteiger partial charge in [0.25, 0.3) is 0 Å². The molecule has 3 rings (SSSR count). The maximum Gasteiger partial charge on any atom is 0.0663 e. The van der Waals surface area contributed by atoms with Crippen molar-refractivity contribution in [2.75, 3.05) is 19.8 Å². The third-order valence-electron chi connectivity index (χ3n) is 4.19. The van der Waals surface area contributed by atoms with E-state index in [0.29, 0.717) is 6.54 Å². The van der Waals surface area contributed by atoms with Gasteiger partial charge in [-0.15, -0.1) is 0 Å². The lowest BCUT2D eigenvalue weighted by Crippen LogP contribution is -2.56. The number of rotatable bonds is 2. The summed E-state index contributed by atoms with van der Waals surface area (Å²) in [5, 5.41) is 0. The first-order chi connectivity index (χ1) is 8.34. The normalized spacial score (nSPS) is 29.2. The van der Waals surface area contributed by atoms with Gasteiger partial charge in [-0.1, -0.05) is 24.3 Å². The minimum atomic E-state index is 0.0667. The molecular formula is C14H20N2O. The van der Waals surface area contributed by atoms with Gasteiger partial charge < -0.3 is 10.5 Å². The third kappa shape index (κ3) is 1.88. The van der Waals surface area contributed by atoms with E-state index in [1.165, 1.54) is 11.1 Å². The second-order valence-electron chi connectivity index (χ2n) is 5.21. The Morgan fingerprint density at radius 3 is 2.47 bits per heavy atom. The smallest absolute Gasteiger partial charge is 0.0663 e. The van der Waals surface area contributed by atoms with Gasteiger partial charge in [-0.3, -0.25) is 4.90 Å². The van der Waals surface area contributed by atoms with Crippen molar-refractivity contribution in [3.63, 3.8) is 0 Å². The number of hydrogen-bond acceptors (Lipinski definition) is 3. The van der Waals surface area contributed by atoms with Gasteiger partial charge in [0.2, 0.25) is 0 Å². The lowest BCUT2D eigenvalue weighted by molar-refractivity contribution is -0.0476. The fraction of sp³-hybridized carbons (Fsp3) is 0.571. The molecule has 2 aliphatic rings. The van der Waals surface area contributed by atoms with Crippen LogP contribution in [0.4, 0.5) is 0 Å². The molecule has 2 aliphatic heterocycles. The molecule has 0 bridgehead atoms. The Labute approximate surface area is 103 Å². The van der Waals surface area contributed by atoms with Crippen molar-refractivity contribution in [2.45, 2.75) is 31.5 Å². The lowest BCUT2D eigenvalue weighted by atomic mass is 9.90. The van der Waals surface area contributed by atoms with Gasteiger partial charge in [0.15, 0.2) is 0 Å². The molecule has 1 fully saturated rings. The van der Waals surface area contributed by atoms with Crippen molar-refractivity contribution in [2.24, 2.45) is 5.73 Å². The van der Waals surface area contributed by atoms with Crippen molar-refractivity contribution in [3.8, 4) is 0 Å². The zero-order valence-electron chi connectivity index (χ0n) is 10.2. The summed E-state index contributed by atoms with van der Waals surface area (Å²) in [6, 6.07) is 8.69. The van der Waals surface area contributed by atoms with E-state index >= 15 is 0 Å². The number of nitrogens with two attached hydrogens (primary N) is 1. The molecule has 0 aromatic heterocycles. The van der Waals surface area contributed by atoms with Crippen LogP contribution in [0.1, 0.15) is 24.0 Å². The Kier molecular flexibility index (Phi) is 2.90. The van der Waals surface area contributed by atoms with Gasteiger partial charge in [-0.2, -0.15) is 0 Å². The zero-order chi connectivity index (χ0) is 11.7. The summed E-state index contributed by atoms with van der Waals surface area (Å²) in [5.74, 6) is 0. The fourth-order valence-corrected chi connectivity index (χ4v) is 3.05. The van der Waals surface area contributed by atoms with Crippen LogP contribution in [0.3, 0.4) is 0 Å². The molecule has 0 saturated carbocycles. The first-order valence-electron chi connectivity index (χ1n) is 6.44. The van der Waals surface area contributed by atoms with Crippen LogP contribution < -0.4 is 5.73 Å². The van der Waals surface area contributed by atoms with E-state index in [1.54, 1.807) is 0 Å². The average molecular weight is 232 g/mol. The molecule has 1 saturated heterocycles. The van der Waals surface area contributed by atoms with Crippen LogP contribution in [0.2, 0.25) is 0 Å². The predicted molar refractivity (Wildman–Crippen MR) is 67.5 cm³/mol. The molecule has 17 heavy (non-hydrogen) atoms. The highest BCUT2D eigenvalue weighted by atomic mass is 16.5. The van der Waals surface area contributed by atoms with E-state index in [2.05, 4.69) is 29.2 Å². The Morgan fingerprint density at radius 2 is 1.94 bits per heavy atom. The van der Waals surface area contributed by atoms with E-state index in [4.69, 9.17) is 10.5 Å². The molecular weight excluding hydrogens is 212 g/mol. The Bertz CT molecular complexity index is 374. The third-order valence-corrected chi connectivity index (χ3v) is 4.19. The molecule has 92 valence electrons. The van der Waals surface area contributed by atoms with Gasteiger partial charge >= 0.3 is 0 Å². The summed E-state index contributed by atoms with van der Waals surface area (Å²) in [4.78, 5) is 2.51. The second kappa shape index (κ2) is 4.41. The molecule has 1 atom stereocenters. The molecule has 1 aromatic carbocycles. The maximum absolute atomic E-state index is 6.03. The highest BCUT2D eigenvalue weighted by molar-refractivity contribution is 5.31. The molecule has 0 spiro atoms. The molecule has 3 nitrogen and oxygen atoms in total. The minimum absolute atomic E-state index is 0.0667. The largest absolute Gasteiger partial charge is 0.379 e. The van der Waals surface area contributed by atoms with Crippen LogP contribution in [0, 0.1) is 0 Å². The summed E-state index contributed by atoms with van der Waals surface area (Å²) in [6.07, 6.45) is 2.29. The first-order valence-corrected chi connectivity index (χ1v) is 6.44.